The minimum atomic E-state index is -0.216. The fourth-order valence-electron chi connectivity index (χ4n) is 2.26. The van der Waals surface area contributed by atoms with E-state index in [9.17, 15) is 4.39 Å². The number of rotatable bonds is 5. The highest BCUT2D eigenvalue weighted by Gasteiger charge is 2.17. The van der Waals surface area contributed by atoms with Crippen LogP contribution in [0.2, 0.25) is 5.02 Å². The highest BCUT2D eigenvalue weighted by Crippen LogP contribution is 2.31. The van der Waals surface area contributed by atoms with Gasteiger partial charge in [-0.15, -0.1) is 0 Å². The number of likely N-dealkylation sites (N-methyl/N-ethyl adjacent to an activating group) is 1. The van der Waals surface area contributed by atoms with E-state index in [0.717, 1.165) is 10.0 Å². The van der Waals surface area contributed by atoms with Crippen LogP contribution in [0, 0.1) is 5.82 Å². The predicted octanol–water partition coefficient (Wildman–Crippen LogP) is 4.75. The van der Waals surface area contributed by atoms with Crippen LogP contribution in [0.4, 0.5) is 4.39 Å². The summed E-state index contributed by atoms with van der Waals surface area (Å²) in [5, 5.41) is 3.81. The molecule has 1 N–H and O–H groups in total. The van der Waals surface area contributed by atoms with Gasteiger partial charge in [0.1, 0.15) is 11.6 Å². The molecule has 0 fully saturated rings. The SMILES string of the molecule is CNC(Cc1cc(Br)ccc1F)c1ccc(Cl)cc1OC. The summed E-state index contributed by atoms with van der Waals surface area (Å²) in [6.07, 6.45) is 0.514. The first-order valence-corrected chi connectivity index (χ1v) is 7.67. The van der Waals surface area contributed by atoms with E-state index < -0.39 is 0 Å². The Labute approximate surface area is 137 Å². The summed E-state index contributed by atoms with van der Waals surface area (Å²) >= 11 is 9.36. The van der Waals surface area contributed by atoms with Gasteiger partial charge in [-0.3, -0.25) is 0 Å². The van der Waals surface area contributed by atoms with E-state index in [1.807, 2.05) is 13.1 Å². The lowest BCUT2D eigenvalue weighted by molar-refractivity contribution is 0.400. The Morgan fingerprint density at radius 1 is 1.29 bits per heavy atom. The second-order valence-electron chi connectivity index (χ2n) is 4.67. The molecule has 2 aromatic carbocycles. The summed E-state index contributed by atoms with van der Waals surface area (Å²) in [7, 11) is 3.44. The van der Waals surface area contributed by atoms with E-state index in [-0.39, 0.29) is 11.9 Å². The lowest BCUT2D eigenvalue weighted by atomic mass is 9.98. The summed E-state index contributed by atoms with van der Waals surface area (Å²) in [6, 6.07) is 10.3. The number of ether oxygens (including phenoxy) is 1. The van der Waals surface area contributed by atoms with Gasteiger partial charge >= 0.3 is 0 Å². The van der Waals surface area contributed by atoms with Crippen LogP contribution in [0.15, 0.2) is 40.9 Å². The Hall–Kier alpha value is -1.10. The molecule has 21 heavy (non-hydrogen) atoms. The van der Waals surface area contributed by atoms with Crippen molar-refractivity contribution < 1.29 is 9.13 Å². The summed E-state index contributed by atoms with van der Waals surface area (Å²) in [4.78, 5) is 0. The maximum Gasteiger partial charge on any atom is 0.126 e. The zero-order valence-electron chi connectivity index (χ0n) is 11.8. The van der Waals surface area contributed by atoms with Gasteiger partial charge in [-0.25, -0.2) is 4.39 Å². The maximum atomic E-state index is 13.9. The molecule has 0 saturated carbocycles. The maximum absolute atomic E-state index is 13.9. The largest absolute Gasteiger partial charge is 0.496 e. The van der Waals surface area contributed by atoms with E-state index >= 15 is 0 Å². The first-order valence-electron chi connectivity index (χ1n) is 6.49. The number of benzene rings is 2. The zero-order valence-corrected chi connectivity index (χ0v) is 14.1. The molecule has 2 aromatic rings. The van der Waals surface area contributed by atoms with Crippen molar-refractivity contribution in [3.63, 3.8) is 0 Å². The number of hydrogen-bond acceptors (Lipinski definition) is 2. The third-order valence-corrected chi connectivity index (χ3v) is 4.08. The van der Waals surface area contributed by atoms with Gasteiger partial charge in [0.05, 0.1) is 7.11 Å². The van der Waals surface area contributed by atoms with Crippen LogP contribution >= 0.6 is 27.5 Å². The Morgan fingerprint density at radius 2 is 2.05 bits per heavy atom. The molecule has 5 heteroatoms. The molecule has 2 rings (SSSR count). The third kappa shape index (κ3) is 3.96. The molecule has 2 nitrogen and oxygen atoms in total. The quantitative estimate of drug-likeness (QED) is 0.817. The van der Waals surface area contributed by atoms with Crippen molar-refractivity contribution in [3.8, 4) is 5.75 Å². The van der Waals surface area contributed by atoms with Gasteiger partial charge in [0, 0.05) is 21.1 Å². The summed E-state index contributed by atoms with van der Waals surface area (Å²) in [5.74, 6) is 0.476. The Balaban J connectivity index is 2.34. The standard InChI is InChI=1S/C16H16BrClFNO/c1-20-15(8-10-7-11(17)3-6-14(10)19)13-5-4-12(18)9-16(13)21-2/h3-7,9,15,20H,8H2,1-2H3. The van der Waals surface area contributed by atoms with Gasteiger partial charge in [-0.2, -0.15) is 0 Å². The number of nitrogens with one attached hydrogen (secondary N) is 1. The minimum Gasteiger partial charge on any atom is -0.496 e. The monoisotopic (exact) mass is 371 g/mol. The van der Waals surface area contributed by atoms with Crippen LogP contribution in [-0.4, -0.2) is 14.2 Å². The Kier molecular flexibility index (Phi) is 5.62. The second kappa shape index (κ2) is 7.25. The molecule has 0 radical (unpaired) electrons. The smallest absolute Gasteiger partial charge is 0.126 e. The predicted molar refractivity (Wildman–Crippen MR) is 87.6 cm³/mol. The molecule has 0 amide bonds. The fraction of sp³-hybridized carbons (Fsp3) is 0.250. The van der Waals surface area contributed by atoms with Gasteiger partial charge < -0.3 is 10.1 Å². The highest BCUT2D eigenvalue weighted by molar-refractivity contribution is 9.10. The van der Waals surface area contributed by atoms with Crippen LogP contribution in [0.1, 0.15) is 17.2 Å². The number of halogens is 3. The topological polar surface area (TPSA) is 21.3 Å². The van der Waals surface area contributed by atoms with Crippen LogP contribution in [0.3, 0.4) is 0 Å². The molecule has 1 atom stereocenters. The molecular formula is C16H16BrClFNO. The number of hydrogen-bond donors (Lipinski definition) is 1. The molecular weight excluding hydrogens is 357 g/mol. The van der Waals surface area contributed by atoms with E-state index in [1.54, 1.807) is 31.4 Å². The highest BCUT2D eigenvalue weighted by atomic mass is 79.9. The molecule has 0 bridgehead atoms. The lowest BCUT2D eigenvalue weighted by Crippen LogP contribution is -2.20. The molecule has 0 aliphatic rings. The first kappa shape index (κ1) is 16.3. The average molecular weight is 373 g/mol. The van der Waals surface area contributed by atoms with Crippen molar-refractivity contribution in [3.05, 3.63) is 62.8 Å². The lowest BCUT2D eigenvalue weighted by Gasteiger charge is -2.20. The molecule has 0 saturated heterocycles. The van der Waals surface area contributed by atoms with Gasteiger partial charge in [0.2, 0.25) is 0 Å². The van der Waals surface area contributed by atoms with Crippen molar-refractivity contribution >= 4 is 27.5 Å². The summed E-state index contributed by atoms with van der Waals surface area (Å²) in [5.41, 5.74) is 1.59. The van der Waals surface area contributed by atoms with Crippen LogP contribution in [0.25, 0.3) is 0 Å². The van der Waals surface area contributed by atoms with Crippen molar-refractivity contribution in [1.82, 2.24) is 5.32 Å². The first-order chi connectivity index (χ1) is 10.0. The minimum absolute atomic E-state index is 0.0685. The molecule has 0 aliphatic carbocycles. The summed E-state index contributed by atoms with van der Waals surface area (Å²) < 4.78 is 20.2. The molecule has 112 valence electrons. The molecule has 0 aliphatic heterocycles. The second-order valence-corrected chi connectivity index (χ2v) is 6.02. The molecule has 0 spiro atoms. The Bertz CT molecular complexity index is 636. The average Bonchev–Trinajstić information content (AvgIpc) is 2.48. The number of methoxy groups -OCH3 is 1. The van der Waals surface area contributed by atoms with E-state index in [2.05, 4.69) is 21.2 Å². The van der Waals surface area contributed by atoms with Crippen LogP contribution in [0.5, 0.6) is 5.75 Å². The molecule has 0 aromatic heterocycles. The summed E-state index contributed by atoms with van der Waals surface area (Å²) in [6.45, 7) is 0. The van der Waals surface area contributed by atoms with Gasteiger partial charge in [0.15, 0.2) is 0 Å². The van der Waals surface area contributed by atoms with E-state index in [0.29, 0.717) is 22.8 Å². The zero-order chi connectivity index (χ0) is 15.4. The van der Waals surface area contributed by atoms with Crippen molar-refractivity contribution in [2.75, 3.05) is 14.2 Å². The van der Waals surface area contributed by atoms with E-state index in [4.69, 9.17) is 16.3 Å². The van der Waals surface area contributed by atoms with Crippen LogP contribution < -0.4 is 10.1 Å². The normalized spacial score (nSPS) is 12.2. The van der Waals surface area contributed by atoms with Crippen molar-refractivity contribution in [2.45, 2.75) is 12.5 Å². The van der Waals surface area contributed by atoms with Crippen LogP contribution in [-0.2, 0) is 6.42 Å². The van der Waals surface area contributed by atoms with Gasteiger partial charge in [0.25, 0.3) is 0 Å². The van der Waals surface area contributed by atoms with E-state index in [1.165, 1.54) is 6.07 Å². The van der Waals surface area contributed by atoms with Gasteiger partial charge in [-0.1, -0.05) is 33.6 Å². The molecule has 0 heterocycles. The molecule has 1 unspecified atom stereocenters. The van der Waals surface area contributed by atoms with Crippen molar-refractivity contribution in [2.24, 2.45) is 0 Å². The Morgan fingerprint density at radius 3 is 2.71 bits per heavy atom. The van der Waals surface area contributed by atoms with Crippen molar-refractivity contribution in [1.29, 1.82) is 0 Å². The third-order valence-electron chi connectivity index (χ3n) is 3.35. The fourth-order valence-corrected chi connectivity index (χ4v) is 2.83. The van der Waals surface area contributed by atoms with Gasteiger partial charge in [-0.05, 0) is 49.4 Å².